The average Bonchev–Trinajstić information content (AvgIpc) is 2.83. The average molecular weight is 268 g/mol. The van der Waals surface area contributed by atoms with Crippen molar-refractivity contribution in [3.05, 3.63) is 58.5 Å². The predicted molar refractivity (Wildman–Crippen MR) is 75.7 cm³/mol. The lowest BCUT2D eigenvalue weighted by Crippen LogP contribution is -2.20. The number of aromatic amines is 1. The highest BCUT2D eigenvalue weighted by molar-refractivity contribution is 6.03. The molecule has 1 aromatic carbocycles. The largest absolute Gasteiger partial charge is 0.324 e. The molecule has 0 atom stereocenters. The van der Waals surface area contributed by atoms with Gasteiger partial charge in [0.25, 0.3) is 11.5 Å². The van der Waals surface area contributed by atoms with Crippen LogP contribution in [0.15, 0.2) is 47.4 Å². The molecule has 2 N–H and O–H groups in total. The van der Waals surface area contributed by atoms with E-state index in [1.165, 1.54) is 10.6 Å². The molecule has 0 aliphatic heterocycles. The van der Waals surface area contributed by atoms with Gasteiger partial charge in [-0.15, -0.1) is 0 Å². The lowest BCUT2D eigenvalue weighted by Gasteiger charge is -2.02. The molecule has 100 valence electrons. The first-order chi connectivity index (χ1) is 9.63. The topological polar surface area (TPSA) is 79.8 Å². The van der Waals surface area contributed by atoms with E-state index in [9.17, 15) is 9.59 Å². The monoisotopic (exact) mass is 268 g/mol. The first-order valence-electron chi connectivity index (χ1n) is 6.06. The first kappa shape index (κ1) is 12.2. The molecule has 3 aromatic rings. The summed E-state index contributed by atoms with van der Waals surface area (Å²) in [6.07, 6.45) is 1.55. The van der Waals surface area contributed by atoms with E-state index in [2.05, 4.69) is 15.3 Å². The summed E-state index contributed by atoms with van der Waals surface area (Å²) in [5.41, 5.74) is 1.68. The van der Waals surface area contributed by atoms with Crippen LogP contribution in [0.1, 0.15) is 10.4 Å². The molecule has 0 bridgehead atoms. The van der Waals surface area contributed by atoms with Gasteiger partial charge in [-0.2, -0.15) is 0 Å². The highest BCUT2D eigenvalue weighted by Crippen LogP contribution is 2.13. The van der Waals surface area contributed by atoms with Gasteiger partial charge in [-0.3, -0.25) is 14.9 Å². The van der Waals surface area contributed by atoms with Gasteiger partial charge in [-0.05, 0) is 18.2 Å². The number of pyridine rings is 1. The number of para-hydroxylation sites is 2. The van der Waals surface area contributed by atoms with Crippen molar-refractivity contribution in [3.63, 3.8) is 0 Å². The minimum absolute atomic E-state index is 0.234. The molecule has 0 aliphatic carbocycles. The van der Waals surface area contributed by atoms with E-state index in [4.69, 9.17) is 0 Å². The zero-order valence-electron chi connectivity index (χ0n) is 10.8. The molecule has 1 amide bonds. The van der Waals surface area contributed by atoms with Crippen molar-refractivity contribution in [1.82, 2.24) is 14.5 Å². The molecule has 0 unspecified atom stereocenters. The highest BCUT2D eigenvalue weighted by atomic mass is 16.2. The second kappa shape index (κ2) is 4.65. The number of amides is 1. The number of benzene rings is 1. The first-order valence-corrected chi connectivity index (χ1v) is 6.06. The molecule has 0 saturated heterocycles. The number of hydrogen-bond acceptors (Lipinski definition) is 3. The predicted octanol–water partition coefficient (Wildman–Crippen LogP) is 1.51. The summed E-state index contributed by atoms with van der Waals surface area (Å²) < 4.78 is 1.40. The minimum Gasteiger partial charge on any atom is -0.324 e. The molecule has 0 radical (unpaired) electrons. The Balaban J connectivity index is 1.88. The van der Waals surface area contributed by atoms with E-state index in [0.29, 0.717) is 11.5 Å². The van der Waals surface area contributed by atoms with E-state index in [1.54, 1.807) is 19.3 Å². The van der Waals surface area contributed by atoms with Gasteiger partial charge in [-0.25, -0.2) is 4.98 Å². The van der Waals surface area contributed by atoms with Crippen LogP contribution in [0.2, 0.25) is 0 Å². The van der Waals surface area contributed by atoms with Crippen LogP contribution in [0, 0.1) is 0 Å². The van der Waals surface area contributed by atoms with Crippen LogP contribution in [0.5, 0.6) is 0 Å². The number of fused-ring (bicyclic) bond motifs is 1. The lowest BCUT2D eigenvalue weighted by molar-refractivity contribution is 0.102. The molecule has 0 saturated carbocycles. The van der Waals surface area contributed by atoms with Crippen molar-refractivity contribution in [1.29, 1.82) is 0 Å². The number of aromatic nitrogens is 3. The Kier molecular flexibility index (Phi) is 2.83. The van der Waals surface area contributed by atoms with Gasteiger partial charge in [0, 0.05) is 24.9 Å². The number of H-pyrrole nitrogens is 1. The second-order valence-corrected chi connectivity index (χ2v) is 4.42. The fourth-order valence-corrected chi connectivity index (χ4v) is 1.88. The number of rotatable bonds is 2. The third kappa shape index (κ3) is 2.18. The Bertz CT molecular complexity index is 815. The van der Waals surface area contributed by atoms with Gasteiger partial charge in [-0.1, -0.05) is 12.1 Å². The standard InChI is InChI=1S/C14H12N4O2/c1-18-7-6-9(8-12(18)19)13(20)17-14-15-10-4-2-3-5-11(10)16-14/h2-8H,1H3,(H2,15,16,17,20). The summed E-state index contributed by atoms with van der Waals surface area (Å²) in [5, 5.41) is 2.64. The number of nitrogens with zero attached hydrogens (tertiary/aromatic N) is 2. The van der Waals surface area contributed by atoms with E-state index >= 15 is 0 Å². The van der Waals surface area contributed by atoms with Crippen LogP contribution in [-0.4, -0.2) is 20.4 Å². The highest BCUT2D eigenvalue weighted by Gasteiger charge is 2.09. The van der Waals surface area contributed by atoms with Gasteiger partial charge in [0.15, 0.2) is 0 Å². The Morgan fingerprint density at radius 1 is 1.30 bits per heavy atom. The van der Waals surface area contributed by atoms with E-state index in [0.717, 1.165) is 11.0 Å². The SMILES string of the molecule is Cn1ccc(C(=O)Nc2nc3ccccc3[nH]2)cc1=O. The fourth-order valence-electron chi connectivity index (χ4n) is 1.88. The molecule has 0 fully saturated rings. The van der Waals surface area contributed by atoms with Crippen molar-refractivity contribution in [2.75, 3.05) is 5.32 Å². The van der Waals surface area contributed by atoms with Gasteiger partial charge in [0.2, 0.25) is 5.95 Å². The Morgan fingerprint density at radius 2 is 2.10 bits per heavy atom. The van der Waals surface area contributed by atoms with Gasteiger partial charge in [0.05, 0.1) is 11.0 Å². The Morgan fingerprint density at radius 3 is 2.85 bits per heavy atom. The van der Waals surface area contributed by atoms with E-state index in [1.807, 2.05) is 24.3 Å². The maximum Gasteiger partial charge on any atom is 0.258 e. The number of anilines is 1. The molecule has 0 spiro atoms. The summed E-state index contributed by atoms with van der Waals surface area (Å²) in [4.78, 5) is 30.8. The summed E-state index contributed by atoms with van der Waals surface area (Å²) in [6, 6.07) is 10.3. The number of nitrogens with one attached hydrogen (secondary N) is 2. The van der Waals surface area contributed by atoms with Crippen LogP contribution in [-0.2, 0) is 7.05 Å². The van der Waals surface area contributed by atoms with E-state index < -0.39 is 0 Å². The van der Waals surface area contributed by atoms with Crippen LogP contribution >= 0.6 is 0 Å². The zero-order valence-corrected chi connectivity index (χ0v) is 10.8. The maximum atomic E-state index is 12.0. The maximum absolute atomic E-state index is 12.0. The van der Waals surface area contributed by atoms with Crippen molar-refractivity contribution < 1.29 is 4.79 Å². The number of imidazole rings is 1. The Labute approximate surface area is 114 Å². The third-order valence-corrected chi connectivity index (χ3v) is 2.99. The normalized spacial score (nSPS) is 10.7. The smallest absolute Gasteiger partial charge is 0.258 e. The van der Waals surface area contributed by atoms with Gasteiger partial charge in [0.1, 0.15) is 0 Å². The third-order valence-electron chi connectivity index (χ3n) is 2.99. The Hall–Kier alpha value is -2.89. The fraction of sp³-hybridized carbons (Fsp3) is 0.0714. The number of aryl methyl sites for hydroxylation is 1. The number of carbonyl (C=O) groups is 1. The molecule has 2 aromatic heterocycles. The summed E-state index contributed by atoms with van der Waals surface area (Å²) in [5.74, 6) is -0.0152. The summed E-state index contributed by atoms with van der Waals surface area (Å²) in [6.45, 7) is 0. The summed E-state index contributed by atoms with van der Waals surface area (Å²) >= 11 is 0. The molecular weight excluding hydrogens is 256 g/mol. The molecule has 0 aliphatic rings. The molecule has 6 heteroatoms. The minimum atomic E-state index is -0.373. The van der Waals surface area contributed by atoms with Crippen LogP contribution in [0.3, 0.4) is 0 Å². The quantitative estimate of drug-likeness (QED) is 0.739. The van der Waals surface area contributed by atoms with Crippen LogP contribution in [0.4, 0.5) is 5.95 Å². The van der Waals surface area contributed by atoms with Crippen molar-refractivity contribution in [2.45, 2.75) is 0 Å². The summed E-state index contributed by atoms with van der Waals surface area (Å²) in [7, 11) is 1.63. The zero-order chi connectivity index (χ0) is 14.1. The molecule has 3 rings (SSSR count). The second-order valence-electron chi connectivity index (χ2n) is 4.42. The number of carbonyl (C=O) groups excluding carboxylic acids is 1. The van der Waals surface area contributed by atoms with Crippen molar-refractivity contribution in [2.24, 2.45) is 7.05 Å². The van der Waals surface area contributed by atoms with Gasteiger partial charge >= 0.3 is 0 Å². The molecule has 20 heavy (non-hydrogen) atoms. The molecule has 6 nitrogen and oxygen atoms in total. The van der Waals surface area contributed by atoms with Crippen molar-refractivity contribution >= 4 is 22.9 Å². The lowest BCUT2D eigenvalue weighted by atomic mass is 10.2. The van der Waals surface area contributed by atoms with E-state index in [-0.39, 0.29) is 11.5 Å². The van der Waals surface area contributed by atoms with Crippen LogP contribution in [0.25, 0.3) is 11.0 Å². The number of hydrogen-bond donors (Lipinski definition) is 2. The van der Waals surface area contributed by atoms with Crippen LogP contribution < -0.4 is 10.9 Å². The van der Waals surface area contributed by atoms with Crippen molar-refractivity contribution in [3.8, 4) is 0 Å². The molecular formula is C14H12N4O2. The van der Waals surface area contributed by atoms with Gasteiger partial charge < -0.3 is 9.55 Å². The molecule has 2 heterocycles.